The molecular formula is C10H12BrNO2. The van der Waals surface area contributed by atoms with Crippen LogP contribution >= 0.6 is 15.9 Å². The van der Waals surface area contributed by atoms with E-state index in [1.54, 1.807) is 38.4 Å². The fraction of sp³-hybridized carbons (Fsp3) is 0.300. The molecule has 0 saturated heterocycles. The molecule has 0 heterocycles. The highest BCUT2D eigenvalue weighted by Gasteiger charge is 2.18. The van der Waals surface area contributed by atoms with E-state index in [4.69, 9.17) is 0 Å². The van der Waals surface area contributed by atoms with Crippen LogP contribution in [0.3, 0.4) is 0 Å². The minimum atomic E-state index is -1.07. The van der Waals surface area contributed by atoms with Crippen molar-refractivity contribution in [2.24, 2.45) is 0 Å². The van der Waals surface area contributed by atoms with Crippen LogP contribution in [0.1, 0.15) is 11.7 Å². The van der Waals surface area contributed by atoms with Crippen LogP contribution < -0.4 is 0 Å². The van der Waals surface area contributed by atoms with Gasteiger partial charge in [0.2, 0.25) is 0 Å². The summed E-state index contributed by atoms with van der Waals surface area (Å²) in [5, 5.41) is 9.64. The van der Waals surface area contributed by atoms with Crippen molar-refractivity contribution in [2.75, 3.05) is 14.1 Å². The normalized spacial score (nSPS) is 12.3. The number of amides is 1. The third-order valence-corrected chi connectivity index (χ3v) is 2.39. The van der Waals surface area contributed by atoms with E-state index in [0.29, 0.717) is 5.56 Å². The van der Waals surface area contributed by atoms with E-state index >= 15 is 0 Å². The smallest absolute Gasteiger partial charge is 0.255 e. The molecule has 0 aliphatic rings. The predicted molar refractivity (Wildman–Crippen MR) is 57.8 cm³/mol. The number of hydrogen-bond acceptors (Lipinski definition) is 2. The van der Waals surface area contributed by atoms with E-state index in [1.807, 2.05) is 0 Å². The first-order valence-electron chi connectivity index (χ1n) is 4.17. The third-order valence-electron chi connectivity index (χ3n) is 1.86. The lowest BCUT2D eigenvalue weighted by atomic mass is 10.1. The van der Waals surface area contributed by atoms with Crippen LogP contribution in [-0.2, 0) is 4.79 Å². The molecule has 14 heavy (non-hydrogen) atoms. The molecule has 0 aromatic heterocycles. The summed E-state index contributed by atoms with van der Waals surface area (Å²) in [6, 6.07) is 7.02. The Labute approximate surface area is 91.5 Å². The van der Waals surface area contributed by atoms with Gasteiger partial charge in [0.15, 0.2) is 6.10 Å². The van der Waals surface area contributed by atoms with Crippen molar-refractivity contribution in [2.45, 2.75) is 6.10 Å². The molecule has 0 saturated carbocycles. The Balaban J connectivity index is 2.84. The Morgan fingerprint density at radius 2 is 1.86 bits per heavy atom. The molecule has 1 N–H and O–H groups in total. The minimum absolute atomic E-state index is 0.313. The molecule has 76 valence electrons. The lowest BCUT2D eigenvalue weighted by molar-refractivity contribution is -0.137. The Kier molecular flexibility index (Phi) is 3.66. The molecule has 0 spiro atoms. The van der Waals surface area contributed by atoms with Gasteiger partial charge in [-0.3, -0.25) is 4.79 Å². The van der Waals surface area contributed by atoms with Gasteiger partial charge in [-0.2, -0.15) is 0 Å². The molecule has 0 radical (unpaired) electrons. The second kappa shape index (κ2) is 4.57. The van der Waals surface area contributed by atoms with Gasteiger partial charge in [0, 0.05) is 18.6 Å². The van der Waals surface area contributed by atoms with Gasteiger partial charge in [-0.15, -0.1) is 0 Å². The number of carbonyl (C=O) groups excluding carboxylic acids is 1. The highest BCUT2D eigenvalue weighted by atomic mass is 79.9. The highest BCUT2D eigenvalue weighted by molar-refractivity contribution is 9.10. The number of rotatable bonds is 2. The monoisotopic (exact) mass is 257 g/mol. The zero-order valence-corrected chi connectivity index (χ0v) is 9.65. The number of nitrogens with zero attached hydrogens (tertiary/aromatic N) is 1. The van der Waals surface area contributed by atoms with E-state index in [1.165, 1.54) is 4.90 Å². The Morgan fingerprint density at radius 1 is 1.36 bits per heavy atom. The first-order chi connectivity index (χ1) is 6.52. The van der Waals surface area contributed by atoms with Crippen molar-refractivity contribution in [1.82, 2.24) is 4.90 Å². The van der Waals surface area contributed by atoms with E-state index in [2.05, 4.69) is 15.9 Å². The van der Waals surface area contributed by atoms with E-state index < -0.39 is 6.10 Å². The molecule has 1 rings (SSSR count). The van der Waals surface area contributed by atoms with E-state index in [-0.39, 0.29) is 5.91 Å². The van der Waals surface area contributed by atoms with Crippen LogP contribution in [0.2, 0.25) is 0 Å². The standard InChI is InChI=1S/C10H12BrNO2/c1-12(2)10(14)9(13)7-3-5-8(11)6-4-7/h3-6,9,13H,1-2H3. The average molecular weight is 258 g/mol. The van der Waals surface area contributed by atoms with E-state index in [0.717, 1.165) is 4.47 Å². The fourth-order valence-corrected chi connectivity index (χ4v) is 1.30. The molecule has 0 bridgehead atoms. The maximum atomic E-state index is 11.4. The molecule has 1 amide bonds. The molecule has 1 atom stereocenters. The van der Waals surface area contributed by atoms with Crippen molar-refractivity contribution in [1.29, 1.82) is 0 Å². The lowest BCUT2D eigenvalue weighted by Crippen LogP contribution is -2.27. The number of carbonyl (C=O) groups is 1. The summed E-state index contributed by atoms with van der Waals surface area (Å²) < 4.78 is 0.922. The molecule has 4 heteroatoms. The first kappa shape index (κ1) is 11.2. The quantitative estimate of drug-likeness (QED) is 0.874. The van der Waals surface area contributed by atoms with Crippen LogP contribution in [0.5, 0.6) is 0 Å². The zero-order chi connectivity index (χ0) is 10.7. The maximum absolute atomic E-state index is 11.4. The summed E-state index contributed by atoms with van der Waals surface area (Å²) in [4.78, 5) is 12.8. The van der Waals surface area contributed by atoms with Gasteiger partial charge in [0.1, 0.15) is 0 Å². The number of likely N-dealkylation sites (N-methyl/N-ethyl adjacent to an activating group) is 1. The van der Waals surface area contributed by atoms with E-state index in [9.17, 15) is 9.90 Å². The average Bonchev–Trinajstić information content (AvgIpc) is 2.16. The van der Waals surface area contributed by atoms with Crippen LogP contribution in [-0.4, -0.2) is 30.0 Å². The Hall–Kier alpha value is -0.870. The van der Waals surface area contributed by atoms with Gasteiger partial charge in [0.25, 0.3) is 5.91 Å². The molecule has 3 nitrogen and oxygen atoms in total. The fourth-order valence-electron chi connectivity index (χ4n) is 1.03. The highest BCUT2D eigenvalue weighted by Crippen LogP contribution is 2.17. The number of benzene rings is 1. The summed E-state index contributed by atoms with van der Waals surface area (Å²) in [5.74, 6) is -0.313. The van der Waals surface area contributed by atoms with Crippen molar-refractivity contribution >= 4 is 21.8 Å². The van der Waals surface area contributed by atoms with Crippen LogP contribution in [0.15, 0.2) is 28.7 Å². The molecule has 0 fully saturated rings. The lowest BCUT2D eigenvalue weighted by Gasteiger charge is -2.15. The van der Waals surface area contributed by atoms with Gasteiger partial charge in [-0.05, 0) is 17.7 Å². The molecule has 1 aromatic rings. The number of halogens is 1. The second-order valence-corrected chi connectivity index (χ2v) is 4.10. The molecule has 1 unspecified atom stereocenters. The SMILES string of the molecule is CN(C)C(=O)C(O)c1ccc(Br)cc1. The van der Waals surface area contributed by atoms with Crippen molar-refractivity contribution in [3.8, 4) is 0 Å². The van der Waals surface area contributed by atoms with Crippen molar-refractivity contribution in [3.05, 3.63) is 34.3 Å². The molecular weight excluding hydrogens is 246 g/mol. The molecule has 1 aromatic carbocycles. The summed E-state index contributed by atoms with van der Waals surface area (Å²) >= 11 is 3.28. The summed E-state index contributed by atoms with van der Waals surface area (Å²) in [7, 11) is 3.23. The van der Waals surface area contributed by atoms with Gasteiger partial charge in [-0.1, -0.05) is 28.1 Å². The summed E-state index contributed by atoms with van der Waals surface area (Å²) in [5.41, 5.74) is 0.604. The third kappa shape index (κ3) is 2.56. The zero-order valence-electron chi connectivity index (χ0n) is 8.07. The van der Waals surface area contributed by atoms with Crippen molar-refractivity contribution in [3.63, 3.8) is 0 Å². The number of aliphatic hydroxyl groups is 1. The van der Waals surface area contributed by atoms with Crippen LogP contribution in [0.25, 0.3) is 0 Å². The second-order valence-electron chi connectivity index (χ2n) is 3.19. The Bertz CT molecular complexity index is 321. The first-order valence-corrected chi connectivity index (χ1v) is 4.96. The van der Waals surface area contributed by atoms with Crippen LogP contribution in [0, 0.1) is 0 Å². The van der Waals surface area contributed by atoms with Gasteiger partial charge in [-0.25, -0.2) is 0 Å². The van der Waals surface area contributed by atoms with Crippen LogP contribution in [0.4, 0.5) is 0 Å². The predicted octanol–water partition coefficient (Wildman–Crippen LogP) is 1.57. The van der Waals surface area contributed by atoms with Gasteiger partial charge >= 0.3 is 0 Å². The Morgan fingerprint density at radius 3 is 2.29 bits per heavy atom. The van der Waals surface area contributed by atoms with Crippen molar-refractivity contribution < 1.29 is 9.90 Å². The summed E-state index contributed by atoms with van der Waals surface area (Å²) in [6.45, 7) is 0. The molecule has 0 aliphatic carbocycles. The summed E-state index contributed by atoms with van der Waals surface area (Å²) in [6.07, 6.45) is -1.07. The van der Waals surface area contributed by atoms with Gasteiger partial charge < -0.3 is 10.0 Å². The largest absolute Gasteiger partial charge is 0.378 e. The maximum Gasteiger partial charge on any atom is 0.255 e. The van der Waals surface area contributed by atoms with Gasteiger partial charge in [0.05, 0.1) is 0 Å². The number of hydrogen-bond donors (Lipinski definition) is 1. The topological polar surface area (TPSA) is 40.5 Å². The minimum Gasteiger partial charge on any atom is -0.378 e. The number of aliphatic hydroxyl groups excluding tert-OH is 1. The molecule has 0 aliphatic heterocycles.